The van der Waals surface area contributed by atoms with Crippen LogP contribution in [0.15, 0.2) is 67.3 Å². The molecule has 8 heteroatoms. The van der Waals surface area contributed by atoms with Gasteiger partial charge in [-0.1, -0.05) is 18.2 Å². The van der Waals surface area contributed by atoms with Crippen LogP contribution in [0.2, 0.25) is 0 Å². The molecule has 0 amide bonds. The summed E-state index contributed by atoms with van der Waals surface area (Å²) in [5.41, 5.74) is 3.22. The zero-order chi connectivity index (χ0) is 19.5. The molecule has 0 aliphatic carbocycles. The third kappa shape index (κ3) is 3.78. The van der Waals surface area contributed by atoms with Crippen LogP contribution in [0, 0.1) is 4.77 Å². The number of para-hydroxylation sites is 1. The molecular formula is C20H22N7S+. The van der Waals surface area contributed by atoms with E-state index in [0.29, 0.717) is 11.4 Å². The Morgan fingerprint density at radius 3 is 2.57 bits per heavy atom. The summed E-state index contributed by atoms with van der Waals surface area (Å²) in [7, 11) is 4.07. The molecule has 0 bridgehead atoms. The van der Waals surface area contributed by atoms with E-state index in [2.05, 4.69) is 23.3 Å². The van der Waals surface area contributed by atoms with Crippen LogP contribution in [0.1, 0.15) is 5.56 Å². The quantitative estimate of drug-likeness (QED) is 0.509. The fourth-order valence-electron chi connectivity index (χ4n) is 3.18. The van der Waals surface area contributed by atoms with Crippen LogP contribution in [0.4, 0.5) is 0 Å². The van der Waals surface area contributed by atoms with Gasteiger partial charge in [0.05, 0.1) is 18.9 Å². The van der Waals surface area contributed by atoms with Gasteiger partial charge in [0, 0.05) is 36.8 Å². The van der Waals surface area contributed by atoms with Crippen molar-refractivity contribution in [2.24, 2.45) is 7.05 Å². The van der Waals surface area contributed by atoms with Crippen molar-refractivity contribution in [1.82, 2.24) is 29.1 Å². The lowest BCUT2D eigenvalue weighted by molar-refractivity contribution is -0.917. The van der Waals surface area contributed by atoms with E-state index in [1.165, 1.54) is 4.90 Å². The first-order chi connectivity index (χ1) is 13.6. The molecule has 1 unspecified atom stereocenters. The summed E-state index contributed by atoms with van der Waals surface area (Å²) in [6, 6.07) is 14.0. The Hall–Kier alpha value is -3.10. The molecule has 0 fully saturated rings. The lowest BCUT2D eigenvalue weighted by Crippen LogP contribution is -3.07. The second-order valence-electron chi connectivity index (χ2n) is 6.82. The minimum Gasteiger partial charge on any atom is -0.315 e. The first-order valence-corrected chi connectivity index (χ1v) is 9.47. The van der Waals surface area contributed by atoms with Crippen molar-refractivity contribution < 1.29 is 4.90 Å². The average molecular weight is 393 g/mol. The standard InChI is InChI=1S/C20H21N7S/c1-24(13-16-12-22-26(14-16)18-6-4-3-5-7-18)15-27-20(28)25(2)19(23-27)17-8-10-21-11-9-17/h3-12,14H,13,15H2,1-2H3/p+1. The summed E-state index contributed by atoms with van der Waals surface area (Å²) in [6.07, 6.45) is 7.51. The molecule has 0 radical (unpaired) electrons. The van der Waals surface area contributed by atoms with E-state index in [4.69, 9.17) is 17.3 Å². The van der Waals surface area contributed by atoms with Crippen molar-refractivity contribution >= 4 is 12.2 Å². The molecule has 0 saturated heterocycles. The van der Waals surface area contributed by atoms with Crippen molar-refractivity contribution in [3.8, 4) is 17.1 Å². The van der Waals surface area contributed by atoms with Gasteiger partial charge in [-0.15, -0.1) is 5.10 Å². The Labute approximate surface area is 168 Å². The Balaban J connectivity index is 1.48. The monoisotopic (exact) mass is 392 g/mol. The highest BCUT2D eigenvalue weighted by molar-refractivity contribution is 7.71. The highest BCUT2D eigenvalue weighted by Crippen LogP contribution is 2.15. The lowest BCUT2D eigenvalue weighted by Gasteiger charge is -2.12. The molecule has 3 heterocycles. The van der Waals surface area contributed by atoms with E-state index in [-0.39, 0.29) is 0 Å². The van der Waals surface area contributed by atoms with Crippen LogP contribution < -0.4 is 4.90 Å². The van der Waals surface area contributed by atoms with Crippen molar-refractivity contribution in [2.75, 3.05) is 7.05 Å². The number of nitrogens with zero attached hydrogens (tertiary/aromatic N) is 6. The normalized spacial score (nSPS) is 12.2. The van der Waals surface area contributed by atoms with Crippen LogP contribution in [0.3, 0.4) is 0 Å². The fraction of sp³-hybridized carbons (Fsp3) is 0.200. The molecule has 1 aromatic carbocycles. The maximum atomic E-state index is 5.58. The number of nitrogens with one attached hydrogen (secondary N) is 1. The van der Waals surface area contributed by atoms with Gasteiger partial charge in [-0.25, -0.2) is 4.68 Å². The highest BCUT2D eigenvalue weighted by Gasteiger charge is 2.14. The number of hydrogen-bond donors (Lipinski definition) is 1. The third-order valence-corrected chi connectivity index (χ3v) is 5.05. The summed E-state index contributed by atoms with van der Waals surface area (Å²) in [5, 5.41) is 9.19. The van der Waals surface area contributed by atoms with Gasteiger partial charge in [-0.05, 0) is 36.5 Å². The number of hydrogen-bond acceptors (Lipinski definition) is 4. The Morgan fingerprint density at radius 2 is 1.82 bits per heavy atom. The zero-order valence-electron chi connectivity index (χ0n) is 15.9. The van der Waals surface area contributed by atoms with Gasteiger partial charge in [0.2, 0.25) is 4.77 Å². The number of quaternary nitrogens is 1. The van der Waals surface area contributed by atoms with Crippen molar-refractivity contribution in [1.29, 1.82) is 0 Å². The minimum absolute atomic E-state index is 0.675. The van der Waals surface area contributed by atoms with E-state index in [1.54, 1.807) is 12.4 Å². The van der Waals surface area contributed by atoms with Gasteiger partial charge in [0.15, 0.2) is 12.5 Å². The number of rotatable bonds is 6. The summed E-state index contributed by atoms with van der Waals surface area (Å²) in [6.45, 7) is 1.50. The van der Waals surface area contributed by atoms with Gasteiger partial charge < -0.3 is 9.47 Å². The summed E-state index contributed by atoms with van der Waals surface area (Å²) < 4.78 is 6.41. The van der Waals surface area contributed by atoms with E-state index in [0.717, 1.165) is 29.2 Å². The summed E-state index contributed by atoms with van der Waals surface area (Å²) >= 11 is 5.58. The minimum atomic E-state index is 0.675. The number of pyridine rings is 1. The van der Waals surface area contributed by atoms with Crippen LogP contribution in [0.5, 0.6) is 0 Å². The Bertz CT molecular complexity index is 1110. The van der Waals surface area contributed by atoms with E-state index < -0.39 is 0 Å². The first kappa shape index (κ1) is 18.3. The smallest absolute Gasteiger partial charge is 0.202 e. The molecule has 4 rings (SSSR count). The average Bonchev–Trinajstić information content (AvgIpc) is 3.29. The number of benzene rings is 1. The van der Waals surface area contributed by atoms with Gasteiger partial charge in [-0.3, -0.25) is 4.98 Å². The maximum Gasteiger partial charge on any atom is 0.202 e. The largest absolute Gasteiger partial charge is 0.315 e. The topological polar surface area (TPSA) is 57.9 Å². The zero-order valence-corrected chi connectivity index (χ0v) is 16.7. The van der Waals surface area contributed by atoms with Crippen molar-refractivity contribution in [2.45, 2.75) is 13.2 Å². The first-order valence-electron chi connectivity index (χ1n) is 9.06. The third-order valence-electron chi connectivity index (χ3n) is 4.56. The second-order valence-corrected chi connectivity index (χ2v) is 7.19. The van der Waals surface area contributed by atoms with Gasteiger partial charge in [0.25, 0.3) is 0 Å². The van der Waals surface area contributed by atoms with Crippen LogP contribution in [-0.2, 0) is 20.3 Å². The van der Waals surface area contributed by atoms with Gasteiger partial charge in [-0.2, -0.15) is 9.78 Å². The summed E-state index contributed by atoms with van der Waals surface area (Å²) in [4.78, 5) is 5.33. The number of aromatic nitrogens is 6. The van der Waals surface area contributed by atoms with E-state index in [9.17, 15) is 0 Å². The molecular weight excluding hydrogens is 370 g/mol. The lowest BCUT2D eigenvalue weighted by atomic mass is 10.2. The fourth-order valence-corrected chi connectivity index (χ4v) is 3.37. The molecule has 0 saturated carbocycles. The van der Waals surface area contributed by atoms with Crippen LogP contribution in [-0.4, -0.2) is 36.2 Å². The van der Waals surface area contributed by atoms with E-state index in [1.807, 2.05) is 69.6 Å². The maximum absolute atomic E-state index is 5.58. The molecule has 4 aromatic rings. The molecule has 0 spiro atoms. The summed E-state index contributed by atoms with van der Waals surface area (Å²) in [5.74, 6) is 0.845. The Morgan fingerprint density at radius 1 is 1.07 bits per heavy atom. The van der Waals surface area contributed by atoms with E-state index >= 15 is 0 Å². The SMILES string of the molecule is Cn1c(-c2ccncc2)nn(C[NH+](C)Cc2cnn(-c3ccccc3)c2)c1=S. The molecule has 0 aliphatic heterocycles. The molecule has 28 heavy (non-hydrogen) atoms. The molecule has 142 valence electrons. The van der Waals surface area contributed by atoms with Gasteiger partial charge >= 0.3 is 0 Å². The molecule has 3 aromatic heterocycles. The van der Waals surface area contributed by atoms with Crippen LogP contribution in [0.25, 0.3) is 17.1 Å². The van der Waals surface area contributed by atoms with Gasteiger partial charge in [0.1, 0.15) is 6.54 Å². The van der Waals surface area contributed by atoms with Crippen molar-refractivity contribution in [3.05, 3.63) is 77.6 Å². The second kappa shape index (κ2) is 7.87. The molecule has 7 nitrogen and oxygen atoms in total. The van der Waals surface area contributed by atoms with Crippen molar-refractivity contribution in [3.63, 3.8) is 0 Å². The molecule has 1 atom stereocenters. The highest BCUT2D eigenvalue weighted by atomic mass is 32.1. The molecule has 1 N–H and O–H groups in total. The molecule has 0 aliphatic rings. The Kier molecular flexibility index (Phi) is 5.14. The van der Waals surface area contributed by atoms with Crippen LogP contribution >= 0.6 is 12.2 Å². The predicted molar refractivity (Wildman–Crippen MR) is 109 cm³/mol. The predicted octanol–water partition coefficient (Wildman–Crippen LogP) is 1.87.